The first kappa shape index (κ1) is 12.8. The number of hydrogen-bond donors (Lipinski definition) is 1. The monoisotopic (exact) mass is 278 g/mol. The Morgan fingerprint density at radius 3 is 2.60 bits per heavy atom. The maximum absolute atomic E-state index is 5.51. The zero-order valence-corrected chi connectivity index (χ0v) is 11.7. The van der Waals surface area contributed by atoms with E-state index in [2.05, 4.69) is 34.6 Å². The van der Waals surface area contributed by atoms with Gasteiger partial charge in [-0.25, -0.2) is 0 Å². The summed E-state index contributed by atoms with van der Waals surface area (Å²) in [6.07, 6.45) is 1.79. The second-order valence-electron chi connectivity index (χ2n) is 4.53. The standard InChI is InChI=1S/C17H14N2S/c20-17(19-12-14-8-3-4-11-18-14)16-10-5-7-13-6-1-2-9-15(13)16/h1-11H,12H2,(H,19,20). The van der Waals surface area contributed by atoms with Crippen molar-refractivity contribution in [3.8, 4) is 0 Å². The third-order valence-electron chi connectivity index (χ3n) is 3.19. The van der Waals surface area contributed by atoms with Crippen LogP contribution in [0.3, 0.4) is 0 Å². The number of nitrogens with zero attached hydrogens (tertiary/aromatic N) is 1. The molecule has 3 heteroatoms. The Hall–Kier alpha value is -2.26. The molecule has 0 saturated heterocycles. The molecule has 0 spiro atoms. The van der Waals surface area contributed by atoms with Crippen molar-refractivity contribution < 1.29 is 0 Å². The van der Waals surface area contributed by atoms with Crippen LogP contribution < -0.4 is 5.32 Å². The fourth-order valence-corrected chi connectivity index (χ4v) is 2.44. The van der Waals surface area contributed by atoms with Gasteiger partial charge in [-0.2, -0.15) is 0 Å². The number of aromatic nitrogens is 1. The predicted molar refractivity (Wildman–Crippen MR) is 86.7 cm³/mol. The summed E-state index contributed by atoms with van der Waals surface area (Å²) in [5.74, 6) is 0. The summed E-state index contributed by atoms with van der Waals surface area (Å²) in [6.45, 7) is 0.642. The molecule has 0 aliphatic heterocycles. The van der Waals surface area contributed by atoms with E-state index in [1.807, 2.05) is 36.4 Å². The first-order chi connectivity index (χ1) is 9.84. The topological polar surface area (TPSA) is 24.9 Å². The number of pyridine rings is 1. The summed E-state index contributed by atoms with van der Waals surface area (Å²) in [6, 6.07) is 20.3. The Kier molecular flexibility index (Phi) is 3.70. The molecule has 0 radical (unpaired) electrons. The van der Waals surface area contributed by atoms with E-state index in [9.17, 15) is 0 Å². The predicted octanol–water partition coefficient (Wildman–Crippen LogP) is 3.70. The first-order valence-electron chi connectivity index (χ1n) is 6.50. The van der Waals surface area contributed by atoms with E-state index in [1.54, 1.807) is 6.20 Å². The fraction of sp³-hybridized carbons (Fsp3) is 0.0588. The lowest BCUT2D eigenvalue weighted by molar-refractivity contribution is 0.885. The van der Waals surface area contributed by atoms with Gasteiger partial charge in [0.05, 0.1) is 12.2 Å². The van der Waals surface area contributed by atoms with Gasteiger partial charge in [0.2, 0.25) is 0 Å². The lowest BCUT2D eigenvalue weighted by Gasteiger charge is -2.10. The maximum Gasteiger partial charge on any atom is 0.107 e. The number of thiocarbonyl (C=S) groups is 1. The Labute approximate surface area is 123 Å². The van der Waals surface area contributed by atoms with Crippen molar-refractivity contribution in [1.29, 1.82) is 0 Å². The van der Waals surface area contributed by atoms with Crippen LogP contribution in [0.1, 0.15) is 11.3 Å². The molecule has 3 rings (SSSR count). The molecule has 0 atom stereocenters. The molecule has 3 aromatic rings. The van der Waals surface area contributed by atoms with Gasteiger partial charge in [-0.1, -0.05) is 60.7 Å². The second-order valence-corrected chi connectivity index (χ2v) is 4.94. The number of nitrogens with one attached hydrogen (secondary N) is 1. The largest absolute Gasteiger partial charge is 0.370 e. The highest BCUT2D eigenvalue weighted by molar-refractivity contribution is 7.80. The Morgan fingerprint density at radius 1 is 0.950 bits per heavy atom. The Balaban J connectivity index is 1.82. The molecular formula is C17H14N2S. The molecule has 20 heavy (non-hydrogen) atoms. The molecule has 0 fully saturated rings. The van der Waals surface area contributed by atoms with E-state index >= 15 is 0 Å². The highest BCUT2D eigenvalue weighted by atomic mass is 32.1. The first-order valence-corrected chi connectivity index (χ1v) is 6.91. The summed E-state index contributed by atoms with van der Waals surface area (Å²) in [5.41, 5.74) is 2.05. The molecule has 0 amide bonds. The van der Waals surface area contributed by atoms with E-state index in [-0.39, 0.29) is 0 Å². The number of fused-ring (bicyclic) bond motifs is 1. The van der Waals surface area contributed by atoms with Crippen LogP contribution in [0.4, 0.5) is 0 Å². The minimum absolute atomic E-state index is 0.642. The smallest absolute Gasteiger partial charge is 0.107 e. The molecule has 0 aliphatic carbocycles. The number of benzene rings is 2. The zero-order chi connectivity index (χ0) is 13.8. The van der Waals surface area contributed by atoms with Gasteiger partial charge in [-0.3, -0.25) is 4.98 Å². The summed E-state index contributed by atoms with van der Waals surface area (Å²) in [4.78, 5) is 5.04. The summed E-state index contributed by atoms with van der Waals surface area (Å²) in [5, 5.41) is 5.65. The highest BCUT2D eigenvalue weighted by Gasteiger charge is 2.05. The van der Waals surface area contributed by atoms with Crippen LogP contribution in [0, 0.1) is 0 Å². The molecular weight excluding hydrogens is 264 g/mol. The van der Waals surface area contributed by atoms with Gasteiger partial charge in [-0.15, -0.1) is 0 Å². The Bertz CT molecular complexity index is 733. The maximum atomic E-state index is 5.51. The highest BCUT2D eigenvalue weighted by Crippen LogP contribution is 2.18. The van der Waals surface area contributed by atoms with Gasteiger partial charge < -0.3 is 5.32 Å². The summed E-state index contributed by atoms with van der Waals surface area (Å²) in [7, 11) is 0. The lowest BCUT2D eigenvalue weighted by atomic mass is 10.0. The van der Waals surface area contributed by atoms with Crippen LogP contribution in [0.25, 0.3) is 10.8 Å². The normalized spacial score (nSPS) is 10.4. The SMILES string of the molecule is S=C(NCc1ccccn1)c1cccc2ccccc12. The second kappa shape index (κ2) is 5.80. The quantitative estimate of drug-likeness (QED) is 0.739. The van der Waals surface area contributed by atoms with Gasteiger partial charge in [-0.05, 0) is 22.9 Å². The number of rotatable bonds is 3. The van der Waals surface area contributed by atoms with Crippen LogP contribution >= 0.6 is 12.2 Å². The van der Waals surface area contributed by atoms with Crippen molar-refractivity contribution in [2.75, 3.05) is 0 Å². The van der Waals surface area contributed by atoms with Crippen LogP contribution in [0.15, 0.2) is 66.9 Å². The van der Waals surface area contributed by atoms with Crippen molar-refractivity contribution in [3.63, 3.8) is 0 Å². The molecule has 2 aromatic carbocycles. The lowest BCUT2D eigenvalue weighted by Crippen LogP contribution is -2.22. The average Bonchev–Trinajstić information content (AvgIpc) is 2.53. The average molecular weight is 278 g/mol. The molecule has 0 saturated carbocycles. The van der Waals surface area contributed by atoms with E-state index in [4.69, 9.17) is 12.2 Å². The van der Waals surface area contributed by atoms with Gasteiger partial charge >= 0.3 is 0 Å². The van der Waals surface area contributed by atoms with E-state index in [0.717, 1.165) is 16.2 Å². The fourth-order valence-electron chi connectivity index (χ4n) is 2.19. The molecule has 1 heterocycles. The van der Waals surface area contributed by atoms with E-state index < -0.39 is 0 Å². The number of hydrogen-bond acceptors (Lipinski definition) is 2. The summed E-state index contributed by atoms with van der Waals surface area (Å²) < 4.78 is 0. The van der Waals surface area contributed by atoms with Gasteiger partial charge in [0.25, 0.3) is 0 Å². The molecule has 2 nitrogen and oxygen atoms in total. The van der Waals surface area contributed by atoms with Gasteiger partial charge in [0, 0.05) is 11.8 Å². The zero-order valence-electron chi connectivity index (χ0n) is 10.9. The van der Waals surface area contributed by atoms with Crippen LogP contribution in [-0.4, -0.2) is 9.97 Å². The van der Waals surface area contributed by atoms with Crippen LogP contribution in [0.2, 0.25) is 0 Å². The minimum Gasteiger partial charge on any atom is -0.370 e. The third kappa shape index (κ3) is 2.68. The van der Waals surface area contributed by atoms with Crippen LogP contribution in [0.5, 0.6) is 0 Å². The van der Waals surface area contributed by atoms with Gasteiger partial charge in [0.1, 0.15) is 4.99 Å². The van der Waals surface area contributed by atoms with Crippen molar-refractivity contribution in [2.24, 2.45) is 0 Å². The molecule has 1 N–H and O–H groups in total. The van der Waals surface area contributed by atoms with E-state index in [0.29, 0.717) is 6.54 Å². The molecule has 0 unspecified atom stereocenters. The Morgan fingerprint density at radius 2 is 1.75 bits per heavy atom. The molecule has 0 aliphatic rings. The van der Waals surface area contributed by atoms with Crippen LogP contribution in [-0.2, 0) is 6.54 Å². The van der Waals surface area contributed by atoms with E-state index in [1.165, 1.54) is 10.8 Å². The van der Waals surface area contributed by atoms with Crippen molar-refractivity contribution >= 4 is 28.0 Å². The summed E-state index contributed by atoms with van der Waals surface area (Å²) >= 11 is 5.51. The molecule has 0 bridgehead atoms. The minimum atomic E-state index is 0.642. The molecule has 1 aromatic heterocycles. The third-order valence-corrected chi connectivity index (χ3v) is 3.55. The van der Waals surface area contributed by atoms with Gasteiger partial charge in [0.15, 0.2) is 0 Å². The van der Waals surface area contributed by atoms with Crippen molar-refractivity contribution in [1.82, 2.24) is 10.3 Å². The van der Waals surface area contributed by atoms with Crippen molar-refractivity contribution in [2.45, 2.75) is 6.54 Å². The molecule has 98 valence electrons. The van der Waals surface area contributed by atoms with Crippen molar-refractivity contribution in [3.05, 3.63) is 78.1 Å².